The number of benzene rings is 1. The first-order valence-corrected chi connectivity index (χ1v) is 9.29. The third-order valence-electron chi connectivity index (χ3n) is 5.20. The van der Waals surface area contributed by atoms with Gasteiger partial charge in [0.25, 0.3) is 0 Å². The Labute approximate surface area is 164 Å². The summed E-state index contributed by atoms with van der Waals surface area (Å²) in [5.74, 6) is 0.401. The van der Waals surface area contributed by atoms with Gasteiger partial charge in [-0.15, -0.1) is 0 Å². The van der Waals surface area contributed by atoms with Gasteiger partial charge in [-0.05, 0) is 24.5 Å². The fraction of sp³-hybridized carbons (Fsp3) is 0.600. The van der Waals surface area contributed by atoms with Gasteiger partial charge < -0.3 is 15.0 Å². The van der Waals surface area contributed by atoms with Gasteiger partial charge in [-0.3, -0.25) is 9.79 Å². The van der Waals surface area contributed by atoms with Crippen molar-refractivity contribution in [2.75, 3.05) is 33.8 Å². The maximum Gasteiger partial charge on any atom is 0.416 e. The molecule has 0 aromatic heterocycles. The van der Waals surface area contributed by atoms with E-state index in [0.717, 1.165) is 6.07 Å². The summed E-state index contributed by atoms with van der Waals surface area (Å²) in [5, 5.41) is 3.27. The van der Waals surface area contributed by atoms with Crippen molar-refractivity contribution in [3.05, 3.63) is 35.4 Å². The quantitative estimate of drug-likeness (QED) is 0.479. The molecule has 0 spiro atoms. The van der Waals surface area contributed by atoms with Gasteiger partial charge in [0, 0.05) is 32.1 Å². The van der Waals surface area contributed by atoms with Gasteiger partial charge in [-0.1, -0.05) is 32.0 Å². The van der Waals surface area contributed by atoms with Gasteiger partial charge in [0.15, 0.2) is 5.96 Å². The van der Waals surface area contributed by atoms with Crippen LogP contribution in [0.2, 0.25) is 0 Å². The zero-order valence-corrected chi connectivity index (χ0v) is 16.8. The molecule has 1 saturated heterocycles. The van der Waals surface area contributed by atoms with E-state index in [0.29, 0.717) is 44.0 Å². The van der Waals surface area contributed by atoms with Crippen LogP contribution in [0.3, 0.4) is 0 Å². The molecule has 0 amide bonds. The van der Waals surface area contributed by atoms with E-state index < -0.39 is 17.2 Å². The van der Waals surface area contributed by atoms with Crippen molar-refractivity contribution < 1.29 is 22.7 Å². The molecule has 0 saturated carbocycles. The van der Waals surface area contributed by atoms with Crippen molar-refractivity contribution in [1.82, 2.24) is 10.2 Å². The van der Waals surface area contributed by atoms with Crippen LogP contribution in [0.4, 0.5) is 13.2 Å². The SMILES string of the molecule is CN=C(NCC(C)(C)c1cccc(C(F)(F)F)c1)N1CCC(C(=O)OC)CC1. The Balaban J connectivity index is 2.00. The van der Waals surface area contributed by atoms with Crippen molar-refractivity contribution in [3.63, 3.8) is 0 Å². The molecule has 0 aliphatic carbocycles. The van der Waals surface area contributed by atoms with E-state index in [4.69, 9.17) is 4.74 Å². The lowest BCUT2D eigenvalue weighted by atomic mass is 9.83. The molecule has 8 heteroatoms. The largest absolute Gasteiger partial charge is 0.469 e. The average molecular weight is 399 g/mol. The van der Waals surface area contributed by atoms with Gasteiger partial charge in [0.05, 0.1) is 18.6 Å². The lowest BCUT2D eigenvalue weighted by Crippen LogP contribution is -2.49. The van der Waals surface area contributed by atoms with Crippen LogP contribution in [-0.4, -0.2) is 50.6 Å². The number of piperidine rings is 1. The van der Waals surface area contributed by atoms with Crippen molar-refractivity contribution in [3.8, 4) is 0 Å². The second kappa shape index (κ2) is 8.84. The Morgan fingerprint density at radius 2 is 1.86 bits per heavy atom. The molecule has 156 valence electrons. The maximum absolute atomic E-state index is 13.0. The Hall–Kier alpha value is -2.25. The summed E-state index contributed by atoms with van der Waals surface area (Å²) < 4.78 is 43.8. The lowest BCUT2D eigenvalue weighted by Gasteiger charge is -2.35. The molecule has 2 rings (SSSR count). The second-order valence-electron chi connectivity index (χ2n) is 7.65. The first kappa shape index (κ1) is 22.0. The highest BCUT2D eigenvalue weighted by molar-refractivity contribution is 5.80. The highest BCUT2D eigenvalue weighted by Gasteiger charge is 2.32. The zero-order valence-electron chi connectivity index (χ0n) is 16.8. The van der Waals surface area contributed by atoms with E-state index in [1.54, 1.807) is 13.1 Å². The smallest absolute Gasteiger partial charge is 0.416 e. The van der Waals surface area contributed by atoms with Crippen LogP contribution in [0.5, 0.6) is 0 Å². The number of hydrogen-bond donors (Lipinski definition) is 1. The molecule has 1 aromatic carbocycles. The summed E-state index contributed by atoms with van der Waals surface area (Å²) >= 11 is 0. The molecule has 28 heavy (non-hydrogen) atoms. The third-order valence-corrected chi connectivity index (χ3v) is 5.20. The highest BCUT2D eigenvalue weighted by Crippen LogP contribution is 2.32. The number of carbonyl (C=O) groups excluding carboxylic acids is 1. The zero-order chi connectivity index (χ0) is 20.9. The van der Waals surface area contributed by atoms with Crippen molar-refractivity contribution in [2.24, 2.45) is 10.9 Å². The van der Waals surface area contributed by atoms with Gasteiger partial charge in [0.2, 0.25) is 0 Å². The van der Waals surface area contributed by atoms with E-state index in [2.05, 4.69) is 15.2 Å². The van der Waals surface area contributed by atoms with Crippen molar-refractivity contribution >= 4 is 11.9 Å². The molecule has 1 aliphatic rings. The predicted octanol–water partition coefficient (Wildman–Crippen LogP) is 3.44. The minimum Gasteiger partial charge on any atom is -0.469 e. The number of aliphatic imine (C=N–C) groups is 1. The van der Waals surface area contributed by atoms with E-state index in [9.17, 15) is 18.0 Å². The molecule has 1 N–H and O–H groups in total. The number of hydrogen-bond acceptors (Lipinski definition) is 3. The fourth-order valence-electron chi connectivity index (χ4n) is 3.34. The van der Waals surface area contributed by atoms with Gasteiger partial charge in [0.1, 0.15) is 0 Å². The van der Waals surface area contributed by atoms with Crippen molar-refractivity contribution in [2.45, 2.75) is 38.3 Å². The Morgan fingerprint density at radius 1 is 1.25 bits per heavy atom. The number of nitrogens with one attached hydrogen (secondary N) is 1. The Morgan fingerprint density at radius 3 is 2.39 bits per heavy atom. The molecule has 0 unspecified atom stereocenters. The summed E-state index contributed by atoms with van der Waals surface area (Å²) in [5.41, 5.74) is -0.566. The number of nitrogens with zero attached hydrogens (tertiary/aromatic N) is 2. The van der Waals surface area contributed by atoms with Gasteiger partial charge in [-0.25, -0.2) is 0 Å². The van der Waals surface area contributed by atoms with Crippen LogP contribution >= 0.6 is 0 Å². The van der Waals surface area contributed by atoms with Gasteiger partial charge in [-0.2, -0.15) is 13.2 Å². The molecule has 0 atom stereocenters. The minimum absolute atomic E-state index is 0.0964. The van der Waals surface area contributed by atoms with E-state index in [1.165, 1.54) is 19.2 Å². The number of carbonyl (C=O) groups is 1. The molecular weight excluding hydrogens is 371 g/mol. The van der Waals surface area contributed by atoms with E-state index in [1.807, 2.05) is 13.8 Å². The molecule has 0 bridgehead atoms. The normalized spacial score (nSPS) is 16.8. The standard InChI is InChI=1S/C20H28F3N3O2/c1-19(2,15-6-5-7-16(12-15)20(21,22)23)13-25-18(24-3)26-10-8-14(9-11-26)17(27)28-4/h5-7,12,14H,8-11,13H2,1-4H3,(H,24,25). The molecule has 5 nitrogen and oxygen atoms in total. The van der Waals surface area contributed by atoms with E-state index in [-0.39, 0.29) is 11.9 Å². The van der Waals surface area contributed by atoms with Crippen LogP contribution < -0.4 is 5.32 Å². The number of halogens is 3. The molecule has 1 fully saturated rings. The first-order valence-electron chi connectivity index (χ1n) is 9.29. The summed E-state index contributed by atoms with van der Waals surface area (Å²) in [7, 11) is 3.07. The number of esters is 1. The van der Waals surface area contributed by atoms with Gasteiger partial charge >= 0.3 is 12.1 Å². The Kier molecular flexibility index (Phi) is 6.96. The monoisotopic (exact) mass is 399 g/mol. The summed E-state index contributed by atoms with van der Waals surface area (Å²) in [6.45, 7) is 5.56. The lowest BCUT2D eigenvalue weighted by molar-refractivity contribution is -0.146. The first-order chi connectivity index (χ1) is 13.1. The van der Waals surface area contributed by atoms with Crippen LogP contribution in [0.25, 0.3) is 0 Å². The molecule has 1 aliphatic heterocycles. The Bertz CT molecular complexity index is 709. The third kappa shape index (κ3) is 5.39. The molecule has 1 heterocycles. The topological polar surface area (TPSA) is 53.9 Å². The van der Waals surface area contributed by atoms with E-state index >= 15 is 0 Å². The van der Waals surface area contributed by atoms with Crippen LogP contribution in [0.15, 0.2) is 29.3 Å². The molecular formula is C20H28F3N3O2. The fourth-order valence-corrected chi connectivity index (χ4v) is 3.34. The highest BCUT2D eigenvalue weighted by atomic mass is 19.4. The summed E-state index contributed by atoms with van der Waals surface area (Å²) in [6.07, 6.45) is -2.99. The molecule has 1 aromatic rings. The van der Waals surface area contributed by atoms with Crippen LogP contribution in [-0.2, 0) is 21.1 Å². The predicted molar refractivity (Wildman–Crippen MR) is 102 cm³/mol. The number of methoxy groups -OCH3 is 1. The number of ether oxygens (including phenoxy) is 1. The maximum atomic E-state index is 13.0. The minimum atomic E-state index is -4.36. The van der Waals surface area contributed by atoms with Crippen molar-refractivity contribution in [1.29, 1.82) is 0 Å². The number of likely N-dealkylation sites (tertiary alicyclic amines) is 1. The second-order valence-corrected chi connectivity index (χ2v) is 7.65. The number of rotatable bonds is 4. The van der Waals surface area contributed by atoms with Crippen LogP contribution in [0.1, 0.15) is 37.8 Å². The summed E-state index contributed by atoms with van der Waals surface area (Å²) in [4.78, 5) is 18.0. The number of guanidine groups is 1. The number of alkyl halides is 3. The summed E-state index contributed by atoms with van der Waals surface area (Å²) in [6, 6.07) is 5.43. The average Bonchev–Trinajstić information content (AvgIpc) is 2.67. The molecule has 0 radical (unpaired) electrons. The van der Waals surface area contributed by atoms with Crippen LogP contribution in [0, 0.1) is 5.92 Å².